The maximum absolute atomic E-state index is 11.3. The molecule has 1 atom stereocenters. The first-order chi connectivity index (χ1) is 5.81. The van der Waals surface area contributed by atoms with E-state index in [2.05, 4.69) is 0 Å². The van der Waals surface area contributed by atoms with Gasteiger partial charge in [0.05, 0.1) is 12.2 Å². The minimum absolute atomic E-state index is 0.0447. The Hall–Kier alpha value is -0.570. The number of ether oxygens (including phenoxy) is 2. The van der Waals surface area contributed by atoms with E-state index in [9.17, 15) is 4.79 Å². The molecule has 0 bridgehead atoms. The van der Waals surface area contributed by atoms with E-state index in [1.165, 1.54) is 0 Å². The number of epoxide rings is 1. The maximum Gasteiger partial charge on any atom is 0.306 e. The van der Waals surface area contributed by atoms with Crippen molar-refractivity contribution in [3.8, 4) is 0 Å². The Morgan fingerprint density at radius 3 is 2.46 bits per heavy atom. The third-order valence-corrected chi connectivity index (χ3v) is 1.92. The normalized spacial score (nSPS) is 27.1. The molecule has 3 nitrogen and oxygen atoms in total. The highest BCUT2D eigenvalue weighted by Crippen LogP contribution is 2.31. The highest BCUT2D eigenvalue weighted by atomic mass is 16.6. The predicted molar refractivity (Wildman–Crippen MR) is 49.4 cm³/mol. The Morgan fingerprint density at radius 2 is 2.08 bits per heavy atom. The quantitative estimate of drug-likeness (QED) is 0.499. The van der Waals surface area contributed by atoms with E-state index in [-0.39, 0.29) is 17.2 Å². The predicted octanol–water partition coefficient (Wildman–Crippen LogP) is 1.90. The maximum atomic E-state index is 11.3. The first-order valence-electron chi connectivity index (χ1n) is 4.67. The van der Waals surface area contributed by atoms with E-state index in [0.29, 0.717) is 6.42 Å². The largest absolute Gasteiger partial charge is 0.460 e. The fraction of sp³-hybridized carbons (Fsp3) is 0.900. The van der Waals surface area contributed by atoms with Gasteiger partial charge in [-0.05, 0) is 34.1 Å². The molecule has 0 aromatic heterocycles. The summed E-state index contributed by atoms with van der Waals surface area (Å²) in [5, 5.41) is 0. The summed E-state index contributed by atoms with van der Waals surface area (Å²) in [6.45, 7) is 8.41. The van der Waals surface area contributed by atoms with Crippen LogP contribution in [0.5, 0.6) is 0 Å². The first-order valence-corrected chi connectivity index (χ1v) is 4.67. The minimum atomic E-state index is -0.373. The van der Waals surface area contributed by atoms with Gasteiger partial charge in [0.2, 0.25) is 0 Å². The van der Waals surface area contributed by atoms with Gasteiger partial charge in [-0.1, -0.05) is 0 Å². The van der Waals surface area contributed by atoms with Crippen molar-refractivity contribution >= 4 is 5.97 Å². The van der Waals surface area contributed by atoms with Crippen molar-refractivity contribution in [3.63, 3.8) is 0 Å². The Bertz CT molecular complexity index is 199. The Balaban J connectivity index is 2.18. The van der Waals surface area contributed by atoms with Crippen LogP contribution in [-0.4, -0.2) is 23.8 Å². The van der Waals surface area contributed by atoms with Gasteiger partial charge < -0.3 is 9.47 Å². The van der Waals surface area contributed by atoms with E-state index >= 15 is 0 Å². The Labute approximate surface area is 79.4 Å². The number of hydrogen-bond acceptors (Lipinski definition) is 3. The summed E-state index contributed by atoms with van der Waals surface area (Å²) >= 11 is 0. The summed E-state index contributed by atoms with van der Waals surface area (Å²) in [7, 11) is 0. The molecule has 0 aromatic rings. The van der Waals surface area contributed by atoms with E-state index < -0.39 is 0 Å². The van der Waals surface area contributed by atoms with Crippen molar-refractivity contribution in [2.45, 2.75) is 51.7 Å². The number of carbonyl (C=O) groups is 1. The molecule has 1 rings (SSSR count). The van der Waals surface area contributed by atoms with Crippen LogP contribution in [0.1, 0.15) is 40.5 Å². The topological polar surface area (TPSA) is 38.8 Å². The van der Waals surface area contributed by atoms with Crippen molar-refractivity contribution < 1.29 is 14.3 Å². The second kappa shape index (κ2) is 3.29. The van der Waals surface area contributed by atoms with Gasteiger partial charge in [0.1, 0.15) is 5.60 Å². The van der Waals surface area contributed by atoms with Crippen LogP contribution in [0.3, 0.4) is 0 Å². The fourth-order valence-electron chi connectivity index (χ4n) is 1.03. The van der Waals surface area contributed by atoms with Gasteiger partial charge in [-0.15, -0.1) is 0 Å². The molecule has 1 aliphatic rings. The zero-order valence-electron chi connectivity index (χ0n) is 8.85. The molecule has 1 saturated heterocycles. The molecule has 0 N–H and O–H groups in total. The molecule has 1 fully saturated rings. The molecular formula is C10H18O3. The van der Waals surface area contributed by atoms with E-state index in [1.54, 1.807) is 0 Å². The molecule has 1 heterocycles. The van der Waals surface area contributed by atoms with E-state index in [4.69, 9.17) is 9.47 Å². The van der Waals surface area contributed by atoms with Gasteiger partial charge >= 0.3 is 5.97 Å². The lowest BCUT2D eigenvalue weighted by Crippen LogP contribution is -2.24. The van der Waals surface area contributed by atoms with Gasteiger partial charge in [-0.3, -0.25) is 4.79 Å². The third kappa shape index (κ3) is 4.27. The SMILES string of the molecule is CC(C)(C)OC(=O)CCC1(C)CO1. The second-order valence-electron chi connectivity index (χ2n) is 4.83. The summed E-state index contributed by atoms with van der Waals surface area (Å²) in [4.78, 5) is 11.3. The van der Waals surface area contributed by atoms with E-state index in [1.807, 2.05) is 27.7 Å². The van der Waals surface area contributed by atoms with Gasteiger partial charge in [-0.2, -0.15) is 0 Å². The first kappa shape index (κ1) is 10.5. The zero-order chi connectivity index (χ0) is 10.1. The molecular weight excluding hydrogens is 168 g/mol. The average molecular weight is 186 g/mol. The zero-order valence-corrected chi connectivity index (χ0v) is 8.85. The Kier molecular flexibility index (Phi) is 2.66. The summed E-state index contributed by atoms with van der Waals surface area (Å²) < 4.78 is 10.3. The molecule has 0 radical (unpaired) electrons. The van der Waals surface area contributed by atoms with Crippen LogP contribution in [-0.2, 0) is 14.3 Å². The van der Waals surface area contributed by atoms with Crippen LogP contribution < -0.4 is 0 Å². The highest BCUT2D eigenvalue weighted by Gasteiger charge is 2.39. The third-order valence-electron chi connectivity index (χ3n) is 1.92. The molecule has 0 saturated carbocycles. The van der Waals surface area contributed by atoms with Crippen molar-refractivity contribution in [3.05, 3.63) is 0 Å². The van der Waals surface area contributed by atoms with Crippen LogP contribution in [0.15, 0.2) is 0 Å². The molecule has 0 spiro atoms. The molecule has 3 heteroatoms. The highest BCUT2D eigenvalue weighted by molar-refractivity contribution is 5.69. The van der Waals surface area contributed by atoms with Crippen LogP contribution in [0.25, 0.3) is 0 Å². The van der Waals surface area contributed by atoms with Gasteiger partial charge in [0.15, 0.2) is 0 Å². The van der Waals surface area contributed by atoms with Crippen LogP contribution in [0.4, 0.5) is 0 Å². The van der Waals surface area contributed by atoms with Gasteiger partial charge in [-0.25, -0.2) is 0 Å². The standard InChI is InChI=1S/C10H18O3/c1-9(2,3)13-8(11)5-6-10(4)7-12-10/h5-7H2,1-4H3. The summed E-state index contributed by atoms with van der Waals surface area (Å²) in [6.07, 6.45) is 1.22. The lowest BCUT2D eigenvalue weighted by atomic mass is 10.1. The second-order valence-corrected chi connectivity index (χ2v) is 4.83. The number of rotatable bonds is 3. The molecule has 76 valence electrons. The van der Waals surface area contributed by atoms with Crippen LogP contribution >= 0.6 is 0 Å². The van der Waals surface area contributed by atoms with Crippen molar-refractivity contribution in [2.24, 2.45) is 0 Å². The fourth-order valence-corrected chi connectivity index (χ4v) is 1.03. The van der Waals surface area contributed by atoms with Crippen LogP contribution in [0.2, 0.25) is 0 Å². The number of esters is 1. The summed E-state index contributed by atoms with van der Waals surface area (Å²) in [5.41, 5.74) is -0.417. The monoisotopic (exact) mass is 186 g/mol. The molecule has 1 aliphatic heterocycles. The smallest absolute Gasteiger partial charge is 0.306 e. The van der Waals surface area contributed by atoms with Crippen molar-refractivity contribution in [1.82, 2.24) is 0 Å². The lowest BCUT2D eigenvalue weighted by Gasteiger charge is -2.19. The molecule has 0 aromatic carbocycles. The molecule has 1 unspecified atom stereocenters. The van der Waals surface area contributed by atoms with Crippen LogP contribution in [0, 0.1) is 0 Å². The summed E-state index contributed by atoms with van der Waals surface area (Å²) in [5.74, 6) is -0.135. The molecule has 0 amide bonds. The number of hydrogen-bond donors (Lipinski definition) is 0. The molecule has 0 aliphatic carbocycles. The van der Waals surface area contributed by atoms with Gasteiger partial charge in [0, 0.05) is 6.42 Å². The lowest BCUT2D eigenvalue weighted by molar-refractivity contribution is -0.155. The van der Waals surface area contributed by atoms with Gasteiger partial charge in [0.25, 0.3) is 0 Å². The van der Waals surface area contributed by atoms with E-state index in [0.717, 1.165) is 13.0 Å². The van der Waals surface area contributed by atoms with Crippen molar-refractivity contribution in [2.75, 3.05) is 6.61 Å². The Morgan fingerprint density at radius 1 is 1.54 bits per heavy atom. The minimum Gasteiger partial charge on any atom is -0.460 e. The van der Waals surface area contributed by atoms with Crippen molar-refractivity contribution in [1.29, 1.82) is 0 Å². The molecule has 13 heavy (non-hydrogen) atoms. The average Bonchev–Trinajstić information content (AvgIpc) is 2.62. The summed E-state index contributed by atoms with van der Waals surface area (Å²) in [6, 6.07) is 0. The number of carbonyl (C=O) groups excluding carboxylic acids is 1.